The van der Waals surface area contributed by atoms with E-state index in [9.17, 15) is 14.4 Å². The fourth-order valence-electron chi connectivity index (χ4n) is 3.41. The van der Waals surface area contributed by atoms with Crippen molar-refractivity contribution >= 4 is 22.8 Å². The van der Waals surface area contributed by atoms with Gasteiger partial charge in [-0.15, -0.1) is 0 Å². The Morgan fingerprint density at radius 3 is 2.73 bits per heavy atom. The summed E-state index contributed by atoms with van der Waals surface area (Å²) in [5.41, 5.74) is 0.161. The molecule has 138 valence electrons. The molecule has 0 unspecified atom stereocenters. The smallest absolute Gasteiger partial charge is 0.287 e. The van der Waals surface area contributed by atoms with Crippen molar-refractivity contribution in [2.45, 2.75) is 31.3 Å². The zero-order chi connectivity index (χ0) is 18.7. The second-order valence-electron chi connectivity index (χ2n) is 6.61. The van der Waals surface area contributed by atoms with Crippen molar-refractivity contribution in [2.24, 2.45) is 0 Å². The molecule has 1 aliphatic rings. The number of amides is 2. The maximum Gasteiger partial charge on any atom is 0.287 e. The third-order valence-electron chi connectivity index (χ3n) is 5.04. The van der Waals surface area contributed by atoms with Crippen molar-refractivity contribution in [3.8, 4) is 0 Å². The number of likely N-dealkylation sites (tertiary alicyclic amines) is 1. The van der Waals surface area contributed by atoms with Gasteiger partial charge in [0.15, 0.2) is 11.2 Å². The van der Waals surface area contributed by atoms with E-state index in [2.05, 4.69) is 15.5 Å². The van der Waals surface area contributed by atoms with Gasteiger partial charge in [-0.1, -0.05) is 12.1 Å². The van der Waals surface area contributed by atoms with E-state index in [-0.39, 0.29) is 29.2 Å². The summed E-state index contributed by atoms with van der Waals surface area (Å²) in [6.45, 7) is 0.441. The highest BCUT2D eigenvalue weighted by molar-refractivity contribution is 5.93. The van der Waals surface area contributed by atoms with Crippen LogP contribution in [-0.2, 0) is 4.79 Å². The van der Waals surface area contributed by atoms with Crippen LogP contribution in [0.4, 0.5) is 0 Å². The number of hydrogen-bond acceptors (Lipinski definition) is 5. The van der Waals surface area contributed by atoms with Crippen LogP contribution in [0, 0.1) is 0 Å². The number of nitrogens with one attached hydrogen (secondary N) is 2. The molecule has 7 nitrogen and oxygen atoms in total. The summed E-state index contributed by atoms with van der Waals surface area (Å²) in [5.74, 6) is -0.378. The van der Waals surface area contributed by atoms with E-state index < -0.39 is 5.91 Å². The Bertz CT molecular complexity index is 876. The Kier molecular flexibility index (Phi) is 5.37. The van der Waals surface area contributed by atoms with Gasteiger partial charge in [-0.05, 0) is 32.0 Å². The molecule has 0 saturated carbocycles. The molecule has 0 aliphatic carbocycles. The number of carbonyl (C=O) groups is 2. The number of likely N-dealkylation sites (N-methyl/N-ethyl adjacent to an activating group) is 1. The third-order valence-corrected chi connectivity index (χ3v) is 5.04. The molecule has 1 saturated heterocycles. The van der Waals surface area contributed by atoms with Crippen molar-refractivity contribution in [3.63, 3.8) is 0 Å². The lowest BCUT2D eigenvalue weighted by molar-refractivity contribution is -0.121. The van der Waals surface area contributed by atoms with Gasteiger partial charge in [0, 0.05) is 38.2 Å². The van der Waals surface area contributed by atoms with Gasteiger partial charge in [0.2, 0.25) is 5.91 Å². The minimum absolute atomic E-state index is 0.0104. The highest BCUT2D eigenvalue weighted by Gasteiger charge is 2.31. The molecular formula is C19H23N3O4. The molecule has 1 aliphatic heterocycles. The van der Waals surface area contributed by atoms with Crippen LogP contribution in [0.5, 0.6) is 0 Å². The predicted octanol–water partition coefficient (Wildman–Crippen LogP) is 1.12. The van der Waals surface area contributed by atoms with Crippen LogP contribution in [0.2, 0.25) is 0 Å². The van der Waals surface area contributed by atoms with Crippen molar-refractivity contribution < 1.29 is 14.0 Å². The van der Waals surface area contributed by atoms with Crippen LogP contribution in [0.15, 0.2) is 39.5 Å². The summed E-state index contributed by atoms with van der Waals surface area (Å²) in [7, 11) is 3.60. The SMILES string of the molecule is CNC(=O)C[C@H]1CC[C@@H](CNC(=O)c2cc(=O)c3ccccc3o2)N1C. The summed E-state index contributed by atoms with van der Waals surface area (Å²) in [5, 5.41) is 5.93. The first kappa shape index (κ1) is 18.1. The summed E-state index contributed by atoms with van der Waals surface area (Å²) in [6.07, 6.45) is 2.27. The lowest BCUT2D eigenvalue weighted by Gasteiger charge is -2.25. The van der Waals surface area contributed by atoms with Crippen molar-refractivity contribution in [2.75, 3.05) is 20.6 Å². The quantitative estimate of drug-likeness (QED) is 0.837. The van der Waals surface area contributed by atoms with E-state index in [1.54, 1.807) is 31.3 Å². The van der Waals surface area contributed by atoms with Gasteiger partial charge in [0.1, 0.15) is 5.58 Å². The van der Waals surface area contributed by atoms with Crippen molar-refractivity contribution in [3.05, 3.63) is 46.3 Å². The largest absolute Gasteiger partial charge is 0.451 e. The van der Waals surface area contributed by atoms with E-state index in [1.165, 1.54) is 6.07 Å². The zero-order valence-electron chi connectivity index (χ0n) is 15.0. The van der Waals surface area contributed by atoms with Crippen molar-refractivity contribution in [1.82, 2.24) is 15.5 Å². The average molecular weight is 357 g/mol. The molecular weight excluding hydrogens is 334 g/mol. The van der Waals surface area contributed by atoms with Gasteiger partial charge >= 0.3 is 0 Å². The van der Waals surface area contributed by atoms with Gasteiger partial charge in [-0.3, -0.25) is 19.3 Å². The molecule has 1 aromatic heterocycles. The van der Waals surface area contributed by atoms with Gasteiger partial charge in [-0.2, -0.15) is 0 Å². The minimum atomic E-state index is -0.406. The fourth-order valence-corrected chi connectivity index (χ4v) is 3.41. The monoisotopic (exact) mass is 357 g/mol. The lowest BCUT2D eigenvalue weighted by atomic mass is 10.1. The first-order chi connectivity index (χ1) is 12.5. The fraction of sp³-hybridized carbons (Fsp3) is 0.421. The number of rotatable bonds is 5. The van der Waals surface area contributed by atoms with E-state index >= 15 is 0 Å². The molecule has 26 heavy (non-hydrogen) atoms. The Hall–Kier alpha value is -2.67. The first-order valence-electron chi connectivity index (χ1n) is 8.73. The summed E-state index contributed by atoms with van der Waals surface area (Å²) in [6, 6.07) is 8.41. The number of carbonyl (C=O) groups excluding carboxylic acids is 2. The molecule has 3 rings (SSSR count). The number of hydrogen-bond donors (Lipinski definition) is 2. The second-order valence-corrected chi connectivity index (χ2v) is 6.61. The number of para-hydroxylation sites is 1. The highest BCUT2D eigenvalue weighted by Crippen LogP contribution is 2.24. The van der Waals surface area contributed by atoms with Gasteiger partial charge < -0.3 is 15.1 Å². The Morgan fingerprint density at radius 2 is 1.96 bits per heavy atom. The van der Waals surface area contributed by atoms with E-state index in [0.29, 0.717) is 23.9 Å². The Morgan fingerprint density at radius 1 is 1.23 bits per heavy atom. The van der Waals surface area contributed by atoms with Crippen LogP contribution < -0.4 is 16.1 Å². The summed E-state index contributed by atoms with van der Waals surface area (Å²) >= 11 is 0. The molecule has 2 aromatic rings. The van der Waals surface area contributed by atoms with Gasteiger partial charge in [-0.25, -0.2) is 0 Å². The van der Waals surface area contributed by atoms with Gasteiger partial charge in [0.05, 0.1) is 5.39 Å². The summed E-state index contributed by atoms with van der Waals surface area (Å²) in [4.78, 5) is 38.2. The standard InChI is InChI=1S/C19H23N3O4/c1-20-18(24)9-12-7-8-13(22(12)2)11-21-19(25)17-10-15(23)14-5-3-4-6-16(14)26-17/h3-6,10,12-13H,7-9,11H2,1-2H3,(H,20,24)(H,21,25)/t12-,13+/m1/s1. The molecule has 1 aromatic carbocycles. The topological polar surface area (TPSA) is 91.7 Å². The van der Waals surface area contributed by atoms with E-state index in [1.807, 2.05) is 7.05 Å². The molecule has 1 fully saturated rings. The lowest BCUT2D eigenvalue weighted by Crippen LogP contribution is -2.42. The van der Waals surface area contributed by atoms with Crippen LogP contribution in [0.3, 0.4) is 0 Å². The molecule has 0 radical (unpaired) electrons. The number of fused-ring (bicyclic) bond motifs is 1. The predicted molar refractivity (Wildman–Crippen MR) is 98.1 cm³/mol. The van der Waals surface area contributed by atoms with E-state index in [4.69, 9.17) is 4.42 Å². The minimum Gasteiger partial charge on any atom is -0.451 e. The molecule has 0 bridgehead atoms. The maximum absolute atomic E-state index is 12.4. The highest BCUT2D eigenvalue weighted by atomic mass is 16.3. The molecule has 2 amide bonds. The van der Waals surface area contributed by atoms with Crippen LogP contribution in [-0.4, -0.2) is 49.4 Å². The molecule has 2 heterocycles. The van der Waals surface area contributed by atoms with Crippen molar-refractivity contribution in [1.29, 1.82) is 0 Å². The van der Waals surface area contributed by atoms with E-state index in [0.717, 1.165) is 12.8 Å². The second kappa shape index (κ2) is 7.70. The Balaban J connectivity index is 1.63. The molecule has 7 heteroatoms. The van der Waals surface area contributed by atoms with Gasteiger partial charge in [0.25, 0.3) is 5.91 Å². The Labute approximate surface area is 151 Å². The first-order valence-corrected chi connectivity index (χ1v) is 8.73. The summed E-state index contributed by atoms with van der Waals surface area (Å²) < 4.78 is 5.56. The maximum atomic E-state index is 12.4. The van der Waals surface area contributed by atoms with Crippen LogP contribution in [0.1, 0.15) is 29.8 Å². The zero-order valence-corrected chi connectivity index (χ0v) is 15.0. The number of benzene rings is 1. The third kappa shape index (κ3) is 3.77. The van der Waals surface area contributed by atoms with Crippen LogP contribution in [0.25, 0.3) is 11.0 Å². The normalized spacial score (nSPS) is 20.2. The molecule has 0 spiro atoms. The molecule has 2 N–H and O–H groups in total. The average Bonchev–Trinajstić information content (AvgIpc) is 2.99. The number of nitrogens with zero attached hydrogens (tertiary/aromatic N) is 1. The molecule has 2 atom stereocenters. The van der Waals surface area contributed by atoms with Crippen LogP contribution >= 0.6 is 0 Å².